The van der Waals surface area contributed by atoms with Gasteiger partial charge in [0, 0.05) is 41.6 Å². The third kappa shape index (κ3) is 3.04. The molecule has 24 heavy (non-hydrogen) atoms. The summed E-state index contributed by atoms with van der Waals surface area (Å²) in [5, 5.41) is 4.78. The number of nitrogens with one attached hydrogen (secondary N) is 1. The minimum atomic E-state index is 0. The molecule has 1 aliphatic rings. The van der Waals surface area contributed by atoms with Gasteiger partial charge in [0.1, 0.15) is 5.82 Å². The molecule has 4 rings (SSSR count). The molecule has 5 heteroatoms. The van der Waals surface area contributed by atoms with Crippen LogP contribution in [-0.2, 0) is 0 Å². The van der Waals surface area contributed by atoms with Crippen LogP contribution in [0.5, 0.6) is 0 Å². The third-order valence-corrected chi connectivity index (χ3v) is 4.91. The fraction of sp³-hybridized carbons (Fsp3) is 0.368. The largest absolute Gasteiger partial charge is 0.328 e. The van der Waals surface area contributed by atoms with Crippen molar-refractivity contribution in [3.8, 4) is 11.4 Å². The van der Waals surface area contributed by atoms with E-state index in [0.29, 0.717) is 12.1 Å². The molecule has 2 aromatic heterocycles. The molecule has 0 bridgehead atoms. The number of hydrogen-bond acceptors (Lipinski definition) is 3. The van der Waals surface area contributed by atoms with Crippen molar-refractivity contribution < 1.29 is 0 Å². The summed E-state index contributed by atoms with van der Waals surface area (Å²) in [7, 11) is 0. The lowest BCUT2D eigenvalue weighted by Crippen LogP contribution is -2.38. The first kappa shape index (κ1) is 16.9. The number of aromatic nitrogens is 3. The molecule has 1 N–H and O–H groups in total. The van der Waals surface area contributed by atoms with Gasteiger partial charge in [0.15, 0.2) is 0 Å². The Morgan fingerprint density at radius 1 is 1.17 bits per heavy atom. The predicted molar refractivity (Wildman–Crippen MR) is 101 cm³/mol. The SMILES string of the molecule is CC[C@H]1C[C@H](n2ccnc2-c2ccnc3ccccc23)CCN1.Cl. The number of rotatable bonds is 3. The van der Waals surface area contributed by atoms with Crippen molar-refractivity contribution in [2.24, 2.45) is 0 Å². The summed E-state index contributed by atoms with van der Waals surface area (Å²) in [6.45, 7) is 3.34. The van der Waals surface area contributed by atoms with Gasteiger partial charge in [0.2, 0.25) is 0 Å². The highest BCUT2D eigenvalue weighted by Crippen LogP contribution is 2.31. The molecule has 3 heterocycles. The van der Waals surface area contributed by atoms with Gasteiger partial charge in [-0.1, -0.05) is 25.1 Å². The summed E-state index contributed by atoms with van der Waals surface area (Å²) >= 11 is 0. The third-order valence-electron chi connectivity index (χ3n) is 4.91. The molecule has 2 atom stereocenters. The Kier molecular flexibility index (Phi) is 5.17. The summed E-state index contributed by atoms with van der Waals surface area (Å²) in [4.78, 5) is 9.15. The normalized spacial score (nSPS) is 20.7. The number of para-hydroxylation sites is 1. The van der Waals surface area contributed by atoms with Crippen molar-refractivity contribution in [1.82, 2.24) is 19.9 Å². The predicted octanol–water partition coefficient (Wildman–Crippen LogP) is 4.22. The maximum atomic E-state index is 4.68. The lowest BCUT2D eigenvalue weighted by molar-refractivity contribution is 0.297. The Morgan fingerprint density at radius 2 is 2.04 bits per heavy atom. The van der Waals surface area contributed by atoms with E-state index in [1.807, 2.05) is 18.5 Å². The van der Waals surface area contributed by atoms with E-state index in [1.165, 1.54) is 23.8 Å². The molecule has 1 fully saturated rings. The van der Waals surface area contributed by atoms with Crippen LogP contribution in [0.1, 0.15) is 32.2 Å². The standard InChI is InChI=1S/C19H22N4.ClH/c1-2-14-13-15(7-9-20-14)23-12-11-22-19(23)17-8-10-21-18-6-4-3-5-16(17)18;/h3-6,8,10-12,14-15,20H,2,7,9,13H2,1H3;1H/t14-,15+;/m0./s1. The maximum absolute atomic E-state index is 4.68. The quantitative estimate of drug-likeness (QED) is 0.774. The zero-order chi connectivity index (χ0) is 15.6. The van der Waals surface area contributed by atoms with E-state index >= 15 is 0 Å². The van der Waals surface area contributed by atoms with Gasteiger partial charge in [-0.2, -0.15) is 0 Å². The molecule has 0 amide bonds. The Labute approximate surface area is 148 Å². The number of benzene rings is 1. The Hall–Kier alpha value is -1.91. The average Bonchev–Trinajstić information content (AvgIpc) is 3.11. The summed E-state index contributed by atoms with van der Waals surface area (Å²) in [6, 6.07) is 11.5. The van der Waals surface area contributed by atoms with E-state index in [1.54, 1.807) is 0 Å². The van der Waals surface area contributed by atoms with E-state index in [4.69, 9.17) is 0 Å². The fourth-order valence-corrected chi connectivity index (χ4v) is 3.65. The van der Waals surface area contributed by atoms with Crippen LogP contribution in [-0.4, -0.2) is 27.1 Å². The summed E-state index contributed by atoms with van der Waals surface area (Å²) in [6.07, 6.45) is 9.44. The zero-order valence-electron chi connectivity index (χ0n) is 13.9. The van der Waals surface area contributed by atoms with Gasteiger partial charge >= 0.3 is 0 Å². The van der Waals surface area contributed by atoms with Crippen molar-refractivity contribution in [2.45, 2.75) is 38.3 Å². The van der Waals surface area contributed by atoms with Gasteiger partial charge in [-0.3, -0.25) is 4.98 Å². The molecule has 0 radical (unpaired) electrons. The summed E-state index contributed by atoms with van der Waals surface area (Å²) in [5.74, 6) is 1.06. The van der Waals surface area contributed by atoms with Crippen LogP contribution < -0.4 is 5.32 Å². The molecule has 0 unspecified atom stereocenters. The Bertz CT molecular complexity index is 808. The summed E-state index contributed by atoms with van der Waals surface area (Å²) < 4.78 is 2.37. The van der Waals surface area contributed by atoms with Crippen LogP contribution in [0.3, 0.4) is 0 Å². The topological polar surface area (TPSA) is 42.7 Å². The Morgan fingerprint density at radius 3 is 2.92 bits per heavy atom. The molecular formula is C19H23ClN4. The smallest absolute Gasteiger partial charge is 0.140 e. The van der Waals surface area contributed by atoms with Crippen LogP contribution >= 0.6 is 12.4 Å². The van der Waals surface area contributed by atoms with Crippen LogP contribution in [0.2, 0.25) is 0 Å². The molecule has 0 saturated carbocycles. The lowest BCUT2D eigenvalue weighted by atomic mass is 9.97. The molecule has 126 valence electrons. The average molecular weight is 343 g/mol. The van der Waals surface area contributed by atoms with Gasteiger partial charge in [-0.05, 0) is 37.9 Å². The fourth-order valence-electron chi connectivity index (χ4n) is 3.65. The number of halogens is 1. The highest BCUT2D eigenvalue weighted by molar-refractivity contribution is 5.92. The Balaban J connectivity index is 0.00000169. The molecule has 1 aliphatic heterocycles. The summed E-state index contributed by atoms with van der Waals surface area (Å²) in [5.41, 5.74) is 2.20. The second kappa shape index (κ2) is 7.32. The van der Waals surface area contributed by atoms with Crippen LogP contribution in [0.4, 0.5) is 0 Å². The highest BCUT2D eigenvalue weighted by Gasteiger charge is 2.24. The van der Waals surface area contributed by atoms with Crippen molar-refractivity contribution in [1.29, 1.82) is 0 Å². The number of pyridine rings is 1. The van der Waals surface area contributed by atoms with Gasteiger partial charge in [0.25, 0.3) is 0 Å². The monoisotopic (exact) mass is 342 g/mol. The number of imidazole rings is 1. The molecule has 0 aliphatic carbocycles. The van der Waals surface area contributed by atoms with E-state index in [9.17, 15) is 0 Å². The number of piperidine rings is 1. The van der Waals surface area contributed by atoms with Gasteiger partial charge < -0.3 is 9.88 Å². The number of fused-ring (bicyclic) bond motifs is 1. The van der Waals surface area contributed by atoms with E-state index < -0.39 is 0 Å². The van der Waals surface area contributed by atoms with Gasteiger partial charge in [-0.25, -0.2) is 4.98 Å². The van der Waals surface area contributed by atoms with Crippen molar-refractivity contribution in [2.75, 3.05) is 6.54 Å². The highest BCUT2D eigenvalue weighted by atomic mass is 35.5. The van der Waals surface area contributed by atoms with Crippen LogP contribution in [0, 0.1) is 0 Å². The second-order valence-electron chi connectivity index (χ2n) is 6.27. The first-order chi connectivity index (χ1) is 11.4. The number of hydrogen-bond donors (Lipinski definition) is 1. The van der Waals surface area contributed by atoms with Crippen molar-refractivity contribution in [3.05, 3.63) is 48.9 Å². The van der Waals surface area contributed by atoms with Gasteiger partial charge in [-0.15, -0.1) is 12.4 Å². The first-order valence-electron chi connectivity index (χ1n) is 8.47. The molecule has 0 spiro atoms. The zero-order valence-corrected chi connectivity index (χ0v) is 14.7. The molecular weight excluding hydrogens is 320 g/mol. The van der Waals surface area contributed by atoms with Gasteiger partial charge in [0.05, 0.1) is 5.52 Å². The molecule has 3 aromatic rings. The minimum Gasteiger partial charge on any atom is -0.328 e. The van der Waals surface area contributed by atoms with E-state index in [-0.39, 0.29) is 12.4 Å². The van der Waals surface area contributed by atoms with E-state index in [2.05, 4.69) is 57.2 Å². The van der Waals surface area contributed by atoms with Crippen molar-refractivity contribution in [3.63, 3.8) is 0 Å². The first-order valence-corrected chi connectivity index (χ1v) is 8.47. The minimum absolute atomic E-state index is 0. The van der Waals surface area contributed by atoms with Crippen LogP contribution in [0.25, 0.3) is 22.3 Å². The number of nitrogens with zero attached hydrogens (tertiary/aromatic N) is 3. The van der Waals surface area contributed by atoms with Crippen molar-refractivity contribution >= 4 is 23.3 Å². The maximum Gasteiger partial charge on any atom is 0.140 e. The second-order valence-corrected chi connectivity index (χ2v) is 6.27. The molecule has 4 nitrogen and oxygen atoms in total. The lowest BCUT2D eigenvalue weighted by Gasteiger charge is -2.31. The van der Waals surface area contributed by atoms with E-state index in [0.717, 1.165) is 24.3 Å². The van der Waals surface area contributed by atoms with Crippen LogP contribution in [0.15, 0.2) is 48.9 Å². The molecule has 1 aromatic carbocycles. The molecule has 1 saturated heterocycles.